The lowest BCUT2D eigenvalue weighted by Gasteiger charge is -2.15. The first-order valence-electron chi connectivity index (χ1n) is 5.16. The van der Waals surface area contributed by atoms with Crippen molar-refractivity contribution in [1.82, 2.24) is 0 Å². The monoisotopic (exact) mass is 244 g/mol. The van der Waals surface area contributed by atoms with E-state index in [0.29, 0.717) is 0 Å². The van der Waals surface area contributed by atoms with E-state index in [4.69, 9.17) is 0 Å². The van der Waals surface area contributed by atoms with Gasteiger partial charge in [-0.3, -0.25) is 4.79 Å². The third-order valence-electron chi connectivity index (χ3n) is 2.50. The van der Waals surface area contributed by atoms with Gasteiger partial charge in [0.2, 0.25) is 0 Å². The van der Waals surface area contributed by atoms with Crippen LogP contribution in [0.1, 0.15) is 25.0 Å². The second-order valence-corrected chi connectivity index (χ2v) is 3.84. The summed E-state index contributed by atoms with van der Waals surface area (Å²) in [6, 6.07) is 2.83. The van der Waals surface area contributed by atoms with Crippen molar-refractivity contribution in [3.63, 3.8) is 0 Å². The normalized spacial score (nSPS) is 14.2. The molecule has 0 bridgehead atoms. The molecule has 0 heterocycles. The van der Waals surface area contributed by atoms with Gasteiger partial charge < -0.3 is 9.84 Å². The van der Waals surface area contributed by atoms with Crippen LogP contribution in [-0.2, 0) is 9.53 Å². The summed E-state index contributed by atoms with van der Waals surface area (Å²) < 4.78 is 30.7. The van der Waals surface area contributed by atoms with Crippen molar-refractivity contribution < 1.29 is 23.4 Å². The highest BCUT2D eigenvalue weighted by atomic mass is 19.1. The van der Waals surface area contributed by atoms with Gasteiger partial charge in [0.25, 0.3) is 0 Å². The van der Waals surface area contributed by atoms with Crippen molar-refractivity contribution in [3.8, 4) is 0 Å². The Morgan fingerprint density at radius 1 is 1.47 bits per heavy atom. The number of hydrogen-bond donors (Lipinski definition) is 1. The molecule has 1 N–H and O–H groups in total. The first kappa shape index (κ1) is 13.6. The van der Waals surface area contributed by atoms with E-state index in [1.165, 1.54) is 7.11 Å². The predicted octanol–water partition coefficient (Wildman–Crippen LogP) is 2.20. The molecule has 0 saturated heterocycles. The molecule has 2 atom stereocenters. The van der Waals surface area contributed by atoms with Gasteiger partial charge in [-0.25, -0.2) is 8.78 Å². The summed E-state index contributed by atoms with van der Waals surface area (Å²) in [5.74, 6) is -2.42. The van der Waals surface area contributed by atoms with Crippen LogP contribution < -0.4 is 0 Å². The number of hydrogen-bond acceptors (Lipinski definition) is 3. The number of aliphatic hydroxyl groups excluding tert-OH is 1. The van der Waals surface area contributed by atoms with Gasteiger partial charge in [0.1, 0.15) is 11.6 Å². The zero-order valence-electron chi connectivity index (χ0n) is 9.61. The van der Waals surface area contributed by atoms with Crippen molar-refractivity contribution in [2.24, 2.45) is 5.92 Å². The minimum atomic E-state index is -1.24. The zero-order chi connectivity index (χ0) is 13.0. The molecule has 17 heavy (non-hydrogen) atoms. The Balaban J connectivity index is 2.79. The van der Waals surface area contributed by atoms with E-state index in [0.717, 1.165) is 18.2 Å². The van der Waals surface area contributed by atoms with E-state index in [-0.39, 0.29) is 12.0 Å². The van der Waals surface area contributed by atoms with E-state index < -0.39 is 29.6 Å². The summed E-state index contributed by atoms with van der Waals surface area (Å²) in [7, 11) is 1.23. The lowest BCUT2D eigenvalue weighted by Crippen LogP contribution is -2.16. The molecule has 2 unspecified atom stereocenters. The van der Waals surface area contributed by atoms with Crippen molar-refractivity contribution in [3.05, 3.63) is 35.4 Å². The van der Waals surface area contributed by atoms with Crippen LogP contribution in [0.2, 0.25) is 0 Å². The molecule has 1 rings (SSSR count). The highest BCUT2D eigenvalue weighted by molar-refractivity contribution is 5.71. The molecule has 94 valence electrons. The maximum absolute atomic E-state index is 13.3. The third kappa shape index (κ3) is 3.49. The summed E-state index contributed by atoms with van der Waals surface area (Å²) in [6.07, 6.45) is -1.26. The minimum absolute atomic E-state index is 0.0208. The second-order valence-electron chi connectivity index (χ2n) is 3.84. The summed E-state index contributed by atoms with van der Waals surface area (Å²) in [6.45, 7) is 1.55. The van der Waals surface area contributed by atoms with Crippen molar-refractivity contribution in [1.29, 1.82) is 0 Å². The molecule has 0 amide bonds. The number of carbonyl (C=O) groups is 1. The lowest BCUT2D eigenvalue weighted by atomic mass is 9.98. The maximum Gasteiger partial charge on any atom is 0.308 e. The summed E-state index contributed by atoms with van der Waals surface area (Å²) >= 11 is 0. The Morgan fingerprint density at radius 2 is 2.12 bits per heavy atom. The average molecular weight is 244 g/mol. The van der Waals surface area contributed by atoms with E-state index >= 15 is 0 Å². The quantitative estimate of drug-likeness (QED) is 0.826. The van der Waals surface area contributed by atoms with Gasteiger partial charge in [0.05, 0.1) is 19.1 Å². The number of esters is 1. The fourth-order valence-electron chi connectivity index (χ4n) is 1.53. The maximum atomic E-state index is 13.3. The van der Waals surface area contributed by atoms with Crippen LogP contribution in [0.4, 0.5) is 8.78 Å². The molecule has 0 radical (unpaired) electrons. The van der Waals surface area contributed by atoms with Crippen LogP contribution in [0.25, 0.3) is 0 Å². The number of benzene rings is 1. The summed E-state index contributed by atoms with van der Waals surface area (Å²) in [5, 5.41) is 9.73. The fourth-order valence-corrected chi connectivity index (χ4v) is 1.53. The van der Waals surface area contributed by atoms with E-state index in [2.05, 4.69) is 4.74 Å². The van der Waals surface area contributed by atoms with Crippen molar-refractivity contribution in [2.75, 3.05) is 7.11 Å². The van der Waals surface area contributed by atoms with Gasteiger partial charge in [-0.05, 0) is 24.6 Å². The van der Waals surface area contributed by atoms with E-state index in [1.54, 1.807) is 6.92 Å². The van der Waals surface area contributed by atoms with E-state index in [9.17, 15) is 18.7 Å². The molecule has 0 spiro atoms. The Hall–Kier alpha value is -1.49. The van der Waals surface area contributed by atoms with Gasteiger partial charge in [-0.1, -0.05) is 6.92 Å². The number of aliphatic hydroxyl groups is 1. The molecule has 3 nitrogen and oxygen atoms in total. The lowest BCUT2D eigenvalue weighted by molar-refractivity contribution is -0.145. The average Bonchev–Trinajstić information content (AvgIpc) is 2.30. The van der Waals surface area contributed by atoms with Crippen molar-refractivity contribution >= 4 is 5.97 Å². The molecule has 0 saturated carbocycles. The standard InChI is InChI=1S/C12H14F2O3/c1-7(12(16)17-2)5-11(15)9-6-8(13)3-4-10(9)14/h3-4,6-7,11,15H,5H2,1-2H3. The fraction of sp³-hybridized carbons (Fsp3) is 0.417. The summed E-state index contributed by atoms with van der Waals surface area (Å²) in [4.78, 5) is 11.1. The minimum Gasteiger partial charge on any atom is -0.469 e. The van der Waals surface area contributed by atoms with Gasteiger partial charge in [0.15, 0.2) is 0 Å². The van der Waals surface area contributed by atoms with Crippen LogP contribution in [-0.4, -0.2) is 18.2 Å². The van der Waals surface area contributed by atoms with E-state index in [1.807, 2.05) is 0 Å². The second kappa shape index (κ2) is 5.72. The van der Waals surface area contributed by atoms with Crippen LogP contribution >= 0.6 is 0 Å². The molecule has 5 heteroatoms. The summed E-state index contributed by atoms with van der Waals surface area (Å²) in [5.41, 5.74) is -0.152. The highest BCUT2D eigenvalue weighted by Crippen LogP contribution is 2.24. The van der Waals surface area contributed by atoms with Gasteiger partial charge in [-0.15, -0.1) is 0 Å². The molecular weight excluding hydrogens is 230 g/mol. The topological polar surface area (TPSA) is 46.5 Å². The smallest absolute Gasteiger partial charge is 0.308 e. The Bertz CT molecular complexity index is 407. The van der Waals surface area contributed by atoms with Gasteiger partial charge >= 0.3 is 5.97 Å². The highest BCUT2D eigenvalue weighted by Gasteiger charge is 2.21. The Labute approximate surface area is 98.0 Å². The molecular formula is C12H14F2O3. The third-order valence-corrected chi connectivity index (χ3v) is 2.50. The first-order valence-corrected chi connectivity index (χ1v) is 5.16. The SMILES string of the molecule is COC(=O)C(C)CC(O)c1cc(F)ccc1F. The van der Waals surface area contributed by atoms with Crippen LogP contribution in [0.5, 0.6) is 0 Å². The Kier molecular flexibility index (Phi) is 4.57. The van der Waals surface area contributed by atoms with Crippen LogP contribution in [0, 0.1) is 17.6 Å². The Morgan fingerprint density at radius 3 is 2.71 bits per heavy atom. The molecule has 0 fully saturated rings. The van der Waals surface area contributed by atoms with Gasteiger partial charge in [-0.2, -0.15) is 0 Å². The molecule has 0 aliphatic heterocycles. The number of rotatable bonds is 4. The number of halogens is 2. The molecule has 0 aliphatic rings. The molecule has 0 aromatic heterocycles. The number of ether oxygens (including phenoxy) is 1. The van der Waals surface area contributed by atoms with Crippen LogP contribution in [0.15, 0.2) is 18.2 Å². The number of carbonyl (C=O) groups excluding carboxylic acids is 1. The largest absolute Gasteiger partial charge is 0.469 e. The van der Waals surface area contributed by atoms with Crippen molar-refractivity contribution in [2.45, 2.75) is 19.4 Å². The zero-order valence-corrected chi connectivity index (χ0v) is 9.61. The first-order chi connectivity index (χ1) is 7.95. The molecule has 0 aliphatic carbocycles. The van der Waals surface area contributed by atoms with Gasteiger partial charge in [0, 0.05) is 5.56 Å². The van der Waals surface area contributed by atoms with Crippen LogP contribution in [0.3, 0.4) is 0 Å². The molecule has 1 aromatic carbocycles. The molecule has 1 aromatic rings. The number of methoxy groups -OCH3 is 1. The predicted molar refractivity (Wildman–Crippen MR) is 57.1 cm³/mol.